The minimum absolute atomic E-state index is 0.107. The van der Waals surface area contributed by atoms with Gasteiger partial charge < -0.3 is 20.1 Å². The van der Waals surface area contributed by atoms with Crippen molar-refractivity contribution in [2.75, 3.05) is 25.6 Å². The first kappa shape index (κ1) is 19.6. The summed E-state index contributed by atoms with van der Waals surface area (Å²) in [4.78, 5) is 28.3. The Balaban J connectivity index is 1.57. The Morgan fingerprint density at radius 3 is 2.93 bits per heavy atom. The molecule has 29 heavy (non-hydrogen) atoms. The van der Waals surface area contributed by atoms with Gasteiger partial charge >= 0.3 is 0 Å². The van der Waals surface area contributed by atoms with E-state index in [0.717, 1.165) is 55.6 Å². The molecule has 0 aliphatic heterocycles. The highest BCUT2D eigenvalue weighted by atomic mass is 16.5. The molecule has 2 aliphatic rings. The Labute approximate surface area is 170 Å². The van der Waals surface area contributed by atoms with Gasteiger partial charge in [0.2, 0.25) is 5.91 Å². The number of hydrogen-bond donors (Lipinski definition) is 2. The van der Waals surface area contributed by atoms with E-state index in [9.17, 15) is 9.90 Å². The van der Waals surface area contributed by atoms with Gasteiger partial charge in [0.15, 0.2) is 5.82 Å². The molecule has 0 bridgehead atoms. The highest BCUT2D eigenvalue weighted by Crippen LogP contribution is 2.31. The Bertz CT molecular complexity index is 904. The number of nitrogens with zero attached hydrogens (tertiary/aromatic N) is 4. The summed E-state index contributed by atoms with van der Waals surface area (Å²) in [5, 5.41) is 12.9. The fourth-order valence-electron chi connectivity index (χ4n) is 4.15. The molecule has 2 heterocycles. The third kappa shape index (κ3) is 4.17. The predicted molar refractivity (Wildman–Crippen MR) is 109 cm³/mol. The van der Waals surface area contributed by atoms with Crippen molar-refractivity contribution < 1.29 is 14.6 Å². The number of hydrogen-bond acceptors (Lipinski definition) is 7. The smallest absolute Gasteiger partial charge is 0.239 e. The molecule has 0 spiro atoms. The molecule has 0 unspecified atom stereocenters. The Morgan fingerprint density at radius 2 is 2.17 bits per heavy atom. The largest absolute Gasteiger partial charge is 0.497 e. The number of methoxy groups -OCH3 is 1. The summed E-state index contributed by atoms with van der Waals surface area (Å²) in [6.45, 7) is 0.178. The molecule has 1 fully saturated rings. The zero-order chi connectivity index (χ0) is 20.4. The van der Waals surface area contributed by atoms with Crippen molar-refractivity contribution in [2.24, 2.45) is 0 Å². The maximum Gasteiger partial charge on any atom is 0.239 e. The minimum Gasteiger partial charge on any atom is -0.497 e. The summed E-state index contributed by atoms with van der Waals surface area (Å²) < 4.78 is 5.29. The maximum atomic E-state index is 12.5. The van der Waals surface area contributed by atoms with Crippen molar-refractivity contribution in [3.63, 3.8) is 0 Å². The van der Waals surface area contributed by atoms with Gasteiger partial charge in [0.05, 0.1) is 25.8 Å². The lowest BCUT2D eigenvalue weighted by atomic mass is 10.2. The molecule has 2 N–H and O–H groups in total. The lowest BCUT2D eigenvalue weighted by Crippen LogP contribution is -2.44. The zero-order valence-electron chi connectivity index (χ0n) is 16.9. The van der Waals surface area contributed by atoms with E-state index in [1.807, 2.05) is 18.0 Å². The van der Waals surface area contributed by atoms with Crippen LogP contribution in [0, 0.1) is 0 Å². The lowest BCUT2D eigenvalue weighted by molar-refractivity contribution is -0.121. The summed E-state index contributed by atoms with van der Waals surface area (Å²) in [6.07, 6.45) is 6.58. The van der Waals surface area contributed by atoms with Crippen molar-refractivity contribution in [3.05, 3.63) is 29.6 Å². The number of pyridine rings is 1. The standard InChI is InChI=1S/C21H27N5O3/c1-26(12-19(28)23-16-7-4-8-18(16)27)21-14-5-3-6-15(14)24-20(25-21)17-11-13(29-2)9-10-22-17/h9-11,16,18,27H,3-8,12H2,1-2H3,(H,23,28)/t16-,18+/m1/s1. The van der Waals surface area contributed by atoms with Crippen LogP contribution in [-0.4, -0.2) is 58.8 Å². The monoisotopic (exact) mass is 397 g/mol. The quantitative estimate of drug-likeness (QED) is 0.762. The number of amides is 1. The molecule has 4 rings (SSSR count). The van der Waals surface area contributed by atoms with Gasteiger partial charge in [-0.05, 0) is 44.6 Å². The molecule has 1 saturated carbocycles. The molecule has 2 atom stereocenters. The van der Waals surface area contributed by atoms with Crippen LogP contribution in [0.25, 0.3) is 11.5 Å². The number of ether oxygens (including phenoxy) is 1. The Hall–Kier alpha value is -2.74. The van der Waals surface area contributed by atoms with E-state index in [1.165, 1.54) is 0 Å². The summed E-state index contributed by atoms with van der Waals surface area (Å²) in [6, 6.07) is 3.45. The van der Waals surface area contributed by atoms with Gasteiger partial charge in [-0.3, -0.25) is 9.78 Å². The highest BCUT2D eigenvalue weighted by molar-refractivity contribution is 5.81. The van der Waals surface area contributed by atoms with E-state index in [-0.39, 0.29) is 18.5 Å². The van der Waals surface area contributed by atoms with Crippen LogP contribution in [0.15, 0.2) is 18.3 Å². The van der Waals surface area contributed by atoms with Crippen LogP contribution in [0.2, 0.25) is 0 Å². The average molecular weight is 397 g/mol. The van der Waals surface area contributed by atoms with E-state index >= 15 is 0 Å². The van der Waals surface area contributed by atoms with Gasteiger partial charge in [-0.2, -0.15) is 0 Å². The number of likely N-dealkylation sites (N-methyl/N-ethyl adjacent to an activating group) is 1. The van der Waals surface area contributed by atoms with E-state index in [1.54, 1.807) is 19.4 Å². The molecule has 0 radical (unpaired) electrons. The number of aliphatic hydroxyl groups excluding tert-OH is 1. The van der Waals surface area contributed by atoms with E-state index in [4.69, 9.17) is 14.7 Å². The molecule has 2 aliphatic carbocycles. The number of aliphatic hydroxyl groups is 1. The zero-order valence-corrected chi connectivity index (χ0v) is 16.9. The van der Waals surface area contributed by atoms with Gasteiger partial charge in [0, 0.05) is 30.6 Å². The lowest BCUT2D eigenvalue weighted by Gasteiger charge is -2.23. The summed E-state index contributed by atoms with van der Waals surface area (Å²) in [7, 11) is 3.48. The molecule has 0 saturated heterocycles. The Morgan fingerprint density at radius 1 is 1.31 bits per heavy atom. The number of rotatable bonds is 6. The number of aromatic nitrogens is 3. The number of fused-ring (bicyclic) bond motifs is 1. The number of anilines is 1. The van der Waals surface area contributed by atoms with Gasteiger partial charge in [-0.15, -0.1) is 0 Å². The second-order valence-corrected chi connectivity index (χ2v) is 7.76. The van der Waals surface area contributed by atoms with E-state index in [0.29, 0.717) is 17.3 Å². The average Bonchev–Trinajstić information content (AvgIpc) is 3.36. The SMILES string of the molecule is COc1ccnc(-c2nc3c(c(N(C)CC(=O)N[C@@H]4CCC[C@@H]4O)n2)CCC3)c1. The maximum absolute atomic E-state index is 12.5. The fraction of sp³-hybridized carbons (Fsp3) is 0.524. The van der Waals surface area contributed by atoms with E-state index < -0.39 is 6.10 Å². The number of nitrogens with one attached hydrogen (secondary N) is 1. The molecular formula is C21H27N5O3. The molecule has 2 aromatic heterocycles. The Kier molecular flexibility index (Phi) is 5.62. The van der Waals surface area contributed by atoms with Crippen LogP contribution < -0.4 is 15.0 Å². The van der Waals surface area contributed by atoms with Crippen LogP contribution in [0.1, 0.15) is 36.9 Å². The molecule has 8 heteroatoms. The molecule has 1 amide bonds. The predicted octanol–water partition coefficient (Wildman–Crippen LogP) is 1.50. The first-order chi connectivity index (χ1) is 14.0. The van der Waals surface area contributed by atoms with Gasteiger partial charge in [-0.1, -0.05) is 0 Å². The van der Waals surface area contributed by atoms with Crippen molar-refractivity contribution >= 4 is 11.7 Å². The normalized spacial score (nSPS) is 20.4. The van der Waals surface area contributed by atoms with Crippen LogP contribution in [-0.2, 0) is 17.6 Å². The minimum atomic E-state index is -0.446. The third-order valence-corrected chi connectivity index (χ3v) is 5.68. The first-order valence-corrected chi connectivity index (χ1v) is 10.1. The van der Waals surface area contributed by atoms with Gasteiger partial charge in [-0.25, -0.2) is 9.97 Å². The molecule has 2 aromatic rings. The van der Waals surface area contributed by atoms with Gasteiger partial charge in [0.25, 0.3) is 0 Å². The van der Waals surface area contributed by atoms with Crippen LogP contribution >= 0.6 is 0 Å². The molecule has 8 nitrogen and oxygen atoms in total. The molecule has 154 valence electrons. The van der Waals surface area contributed by atoms with Crippen LogP contribution in [0.5, 0.6) is 5.75 Å². The molecule has 0 aromatic carbocycles. The fourth-order valence-corrected chi connectivity index (χ4v) is 4.15. The van der Waals surface area contributed by atoms with E-state index in [2.05, 4.69) is 10.3 Å². The summed E-state index contributed by atoms with van der Waals surface area (Å²) in [5.74, 6) is 1.90. The van der Waals surface area contributed by atoms with Crippen LogP contribution in [0.4, 0.5) is 5.82 Å². The van der Waals surface area contributed by atoms with Crippen molar-refractivity contribution in [3.8, 4) is 17.3 Å². The van der Waals surface area contributed by atoms with Crippen molar-refractivity contribution in [1.82, 2.24) is 20.3 Å². The van der Waals surface area contributed by atoms with Crippen molar-refractivity contribution in [1.29, 1.82) is 0 Å². The second kappa shape index (κ2) is 8.32. The van der Waals surface area contributed by atoms with Crippen molar-refractivity contribution in [2.45, 2.75) is 50.7 Å². The number of carbonyl (C=O) groups is 1. The third-order valence-electron chi connectivity index (χ3n) is 5.68. The summed E-state index contributed by atoms with van der Waals surface area (Å²) >= 11 is 0. The highest BCUT2D eigenvalue weighted by Gasteiger charge is 2.28. The van der Waals surface area contributed by atoms with Crippen LogP contribution in [0.3, 0.4) is 0 Å². The van der Waals surface area contributed by atoms with Gasteiger partial charge in [0.1, 0.15) is 17.3 Å². The molecular weight excluding hydrogens is 370 g/mol. The second-order valence-electron chi connectivity index (χ2n) is 7.76. The number of aryl methyl sites for hydroxylation is 1. The number of carbonyl (C=O) groups excluding carboxylic acids is 1. The summed E-state index contributed by atoms with van der Waals surface area (Å²) in [5.41, 5.74) is 2.77. The first-order valence-electron chi connectivity index (χ1n) is 10.1. The topological polar surface area (TPSA) is 100 Å².